The van der Waals surface area contributed by atoms with Crippen molar-refractivity contribution in [1.29, 1.82) is 0 Å². The summed E-state index contributed by atoms with van der Waals surface area (Å²) in [7, 11) is 0. The second-order valence-corrected chi connectivity index (χ2v) is 5.54. The Bertz CT molecular complexity index is 696. The number of esters is 1. The van der Waals surface area contributed by atoms with Crippen molar-refractivity contribution in [3.63, 3.8) is 0 Å². The van der Waals surface area contributed by atoms with E-state index in [4.69, 9.17) is 9.47 Å². The molecule has 0 saturated heterocycles. The first kappa shape index (κ1) is 18.7. The molecule has 2 rings (SSSR count). The van der Waals surface area contributed by atoms with Gasteiger partial charge in [-0.1, -0.05) is 55.8 Å². The van der Waals surface area contributed by atoms with Crippen LogP contribution in [0.2, 0.25) is 0 Å². The molecular formula is C20H22O5. The quantitative estimate of drug-likeness (QED) is 0.430. The van der Waals surface area contributed by atoms with Crippen molar-refractivity contribution in [1.82, 2.24) is 0 Å². The van der Waals surface area contributed by atoms with Gasteiger partial charge in [0.05, 0.1) is 12.2 Å². The summed E-state index contributed by atoms with van der Waals surface area (Å²) in [5, 5.41) is 10.3. The number of rotatable bonds is 9. The lowest BCUT2D eigenvalue weighted by Crippen LogP contribution is -2.18. The highest BCUT2D eigenvalue weighted by Crippen LogP contribution is 2.25. The van der Waals surface area contributed by atoms with Crippen LogP contribution in [0.4, 0.5) is 0 Å². The van der Waals surface area contributed by atoms with Crippen molar-refractivity contribution in [3.05, 3.63) is 65.7 Å². The van der Waals surface area contributed by atoms with Gasteiger partial charge in [-0.25, -0.2) is 4.79 Å². The van der Waals surface area contributed by atoms with E-state index >= 15 is 0 Å². The zero-order valence-corrected chi connectivity index (χ0v) is 14.2. The summed E-state index contributed by atoms with van der Waals surface area (Å²) in [4.78, 5) is 24.2. The predicted octanol–water partition coefficient (Wildman–Crippen LogP) is 3.33. The number of ketones is 1. The Hall–Kier alpha value is -2.66. The lowest BCUT2D eigenvalue weighted by molar-refractivity contribution is -0.146. The average molecular weight is 342 g/mol. The van der Waals surface area contributed by atoms with E-state index in [1.807, 2.05) is 13.0 Å². The molecule has 132 valence electrons. The number of hydrogen-bond acceptors (Lipinski definition) is 5. The maximum Gasteiger partial charge on any atom is 0.344 e. The monoisotopic (exact) mass is 342 g/mol. The number of carbonyl (C=O) groups is 2. The molecule has 0 aliphatic heterocycles. The molecule has 0 fully saturated rings. The minimum atomic E-state index is -1.29. The highest BCUT2D eigenvalue weighted by Gasteiger charge is 2.22. The first-order valence-corrected chi connectivity index (χ1v) is 8.28. The average Bonchev–Trinajstić information content (AvgIpc) is 2.66. The summed E-state index contributed by atoms with van der Waals surface area (Å²) >= 11 is 0. The molecule has 5 heteroatoms. The third-order valence-electron chi connectivity index (χ3n) is 3.62. The summed E-state index contributed by atoms with van der Waals surface area (Å²) in [5.41, 5.74) is 0.724. The van der Waals surface area contributed by atoms with E-state index in [1.165, 1.54) is 0 Å². The van der Waals surface area contributed by atoms with Gasteiger partial charge in [0.1, 0.15) is 11.9 Å². The molecule has 1 N–H and O–H groups in total. The van der Waals surface area contributed by atoms with Crippen LogP contribution in [0.3, 0.4) is 0 Å². The fraction of sp³-hybridized carbons (Fsp3) is 0.300. The number of aliphatic hydroxyl groups excluding tert-OH is 1. The molecular weight excluding hydrogens is 320 g/mol. The van der Waals surface area contributed by atoms with E-state index in [9.17, 15) is 14.7 Å². The van der Waals surface area contributed by atoms with Crippen LogP contribution in [0.15, 0.2) is 54.6 Å². The van der Waals surface area contributed by atoms with Crippen molar-refractivity contribution < 1.29 is 24.2 Å². The number of hydrogen-bond donors (Lipinski definition) is 1. The zero-order valence-electron chi connectivity index (χ0n) is 14.2. The van der Waals surface area contributed by atoms with E-state index in [0.717, 1.165) is 12.8 Å². The SMILES string of the molecule is CCCCOC(=O)COc1ccccc1C(=O)C(O)c1ccccc1. The summed E-state index contributed by atoms with van der Waals surface area (Å²) in [6, 6.07) is 15.2. The van der Waals surface area contributed by atoms with Crippen LogP contribution < -0.4 is 4.74 Å². The van der Waals surface area contributed by atoms with Gasteiger partial charge in [-0.2, -0.15) is 0 Å². The van der Waals surface area contributed by atoms with Crippen LogP contribution in [0.1, 0.15) is 41.8 Å². The smallest absolute Gasteiger partial charge is 0.344 e. The maximum absolute atomic E-state index is 12.6. The Morgan fingerprint density at radius 3 is 2.44 bits per heavy atom. The second-order valence-electron chi connectivity index (χ2n) is 5.54. The molecule has 0 bridgehead atoms. The lowest BCUT2D eigenvalue weighted by atomic mass is 9.99. The van der Waals surface area contributed by atoms with E-state index in [-0.39, 0.29) is 17.9 Å². The summed E-state index contributed by atoms with van der Waals surface area (Å²) in [6.07, 6.45) is 0.440. The molecule has 2 aromatic carbocycles. The number of aliphatic hydroxyl groups is 1. The van der Waals surface area contributed by atoms with E-state index in [1.54, 1.807) is 48.5 Å². The molecule has 2 aromatic rings. The van der Waals surface area contributed by atoms with Gasteiger partial charge in [-0.3, -0.25) is 4.79 Å². The number of benzene rings is 2. The highest BCUT2D eigenvalue weighted by atomic mass is 16.6. The Balaban J connectivity index is 2.04. The topological polar surface area (TPSA) is 72.8 Å². The summed E-state index contributed by atoms with van der Waals surface area (Å²) in [6.45, 7) is 2.08. The van der Waals surface area contributed by atoms with Crippen LogP contribution in [0, 0.1) is 0 Å². The Kier molecular flexibility index (Phi) is 7.16. The van der Waals surface area contributed by atoms with E-state index in [0.29, 0.717) is 12.2 Å². The molecule has 0 aliphatic carbocycles. The lowest BCUT2D eigenvalue weighted by Gasteiger charge is -2.14. The first-order valence-electron chi connectivity index (χ1n) is 8.28. The van der Waals surface area contributed by atoms with Gasteiger partial charge in [0, 0.05) is 0 Å². The molecule has 0 saturated carbocycles. The van der Waals surface area contributed by atoms with Crippen molar-refractivity contribution in [2.75, 3.05) is 13.2 Å². The Labute approximate surface area is 147 Å². The molecule has 0 spiro atoms. The number of ether oxygens (including phenoxy) is 2. The maximum atomic E-state index is 12.6. The number of Topliss-reactive ketones (excluding diaryl/α,β-unsaturated/α-hetero) is 1. The zero-order chi connectivity index (χ0) is 18.1. The van der Waals surface area contributed by atoms with Crippen molar-refractivity contribution in [2.45, 2.75) is 25.9 Å². The molecule has 0 heterocycles. The number of unbranched alkanes of at least 4 members (excludes halogenated alkanes) is 1. The fourth-order valence-corrected chi connectivity index (χ4v) is 2.24. The molecule has 1 unspecified atom stereocenters. The van der Waals surface area contributed by atoms with Gasteiger partial charge in [-0.15, -0.1) is 0 Å². The second kappa shape index (κ2) is 9.59. The minimum absolute atomic E-state index is 0.222. The van der Waals surface area contributed by atoms with Crippen LogP contribution in [-0.4, -0.2) is 30.1 Å². The van der Waals surface area contributed by atoms with Crippen molar-refractivity contribution in [3.8, 4) is 5.75 Å². The van der Waals surface area contributed by atoms with E-state index in [2.05, 4.69) is 0 Å². The van der Waals surface area contributed by atoms with Gasteiger partial charge in [0.15, 0.2) is 12.4 Å². The van der Waals surface area contributed by atoms with Gasteiger partial charge in [0.2, 0.25) is 0 Å². The molecule has 1 atom stereocenters. The Morgan fingerprint density at radius 2 is 1.72 bits per heavy atom. The van der Waals surface area contributed by atoms with Crippen LogP contribution >= 0.6 is 0 Å². The van der Waals surface area contributed by atoms with Crippen LogP contribution in [-0.2, 0) is 9.53 Å². The molecule has 5 nitrogen and oxygen atoms in total. The van der Waals surface area contributed by atoms with Crippen molar-refractivity contribution >= 4 is 11.8 Å². The fourth-order valence-electron chi connectivity index (χ4n) is 2.24. The number of para-hydroxylation sites is 1. The molecule has 0 aliphatic rings. The van der Waals surface area contributed by atoms with Crippen LogP contribution in [0.5, 0.6) is 5.75 Å². The van der Waals surface area contributed by atoms with Gasteiger partial charge in [0.25, 0.3) is 0 Å². The van der Waals surface area contributed by atoms with Crippen molar-refractivity contribution in [2.24, 2.45) is 0 Å². The summed E-state index contributed by atoms with van der Waals surface area (Å²) in [5.74, 6) is -0.726. The van der Waals surface area contributed by atoms with Gasteiger partial charge in [-0.05, 0) is 24.1 Å². The summed E-state index contributed by atoms with van der Waals surface area (Å²) < 4.78 is 10.5. The third-order valence-corrected chi connectivity index (χ3v) is 3.62. The van der Waals surface area contributed by atoms with Gasteiger partial charge >= 0.3 is 5.97 Å². The standard InChI is InChI=1S/C20H22O5/c1-2-3-13-24-18(21)14-25-17-12-8-7-11-16(17)20(23)19(22)15-9-5-4-6-10-15/h4-12,19,22H,2-3,13-14H2,1H3. The third kappa shape index (κ3) is 5.43. The minimum Gasteiger partial charge on any atom is -0.481 e. The number of carbonyl (C=O) groups excluding carboxylic acids is 2. The van der Waals surface area contributed by atoms with Gasteiger partial charge < -0.3 is 14.6 Å². The largest absolute Gasteiger partial charge is 0.481 e. The first-order chi connectivity index (χ1) is 12.1. The molecule has 0 aromatic heterocycles. The van der Waals surface area contributed by atoms with Crippen LogP contribution in [0.25, 0.3) is 0 Å². The van der Waals surface area contributed by atoms with E-state index < -0.39 is 17.9 Å². The molecule has 25 heavy (non-hydrogen) atoms. The predicted molar refractivity (Wildman–Crippen MR) is 93.5 cm³/mol. The normalized spacial score (nSPS) is 11.6. The molecule has 0 radical (unpaired) electrons. The molecule has 0 amide bonds. The Morgan fingerprint density at radius 1 is 1.04 bits per heavy atom. The highest BCUT2D eigenvalue weighted by molar-refractivity contribution is 6.02.